The number of nitrogens with zero attached hydrogens (tertiary/aromatic N) is 2. The Morgan fingerprint density at radius 1 is 1.24 bits per heavy atom. The highest BCUT2D eigenvalue weighted by Crippen LogP contribution is 2.18. The summed E-state index contributed by atoms with van der Waals surface area (Å²) in [5.41, 5.74) is 2.33. The molecule has 1 heterocycles. The molecule has 0 aliphatic heterocycles. The van der Waals surface area contributed by atoms with Crippen LogP contribution in [0.1, 0.15) is 45.9 Å². The van der Waals surface area contributed by atoms with Crippen molar-refractivity contribution in [3.8, 4) is 0 Å². The highest BCUT2D eigenvalue weighted by atomic mass is 15.1. The predicted octanol–water partition coefficient (Wildman–Crippen LogP) is 3.92. The zero-order valence-corrected chi connectivity index (χ0v) is 13.9. The molecular weight excluding hydrogens is 258 g/mol. The van der Waals surface area contributed by atoms with Crippen LogP contribution in [0.25, 0.3) is 11.0 Å². The third kappa shape index (κ3) is 4.07. The monoisotopic (exact) mass is 287 g/mol. The highest BCUT2D eigenvalue weighted by Gasteiger charge is 2.16. The second-order valence-corrected chi connectivity index (χ2v) is 6.18. The van der Waals surface area contributed by atoms with Crippen LogP contribution < -0.4 is 5.32 Å². The quantitative estimate of drug-likeness (QED) is 0.797. The van der Waals surface area contributed by atoms with E-state index in [4.69, 9.17) is 4.98 Å². The number of aromatic nitrogens is 2. The summed E-state index contributed by atoms with van der Waals surface area (Å²) in [5.74, 6) is 1.95. The molecule has 0 aliphatic rings. The van der Waals surface area contributed by atoms with E-state index in [1.54, 1.807) is 0 Å². The molecule has 1 aromatic heterocycles. The zero-order chi connectivity index (χ0) is 15.2. The van der Waals surface area contributed by atoms with Crippen molar-refractivity contribution < 1.29 is 0 Å². The molecule has 0 aliphatic carbocycles. The molecule has 2 unspecified atom stereocenters. The van der Waals surface area contributed by atoms with Crippen molar-refractivity contribution in [3.05, 3.63) is 30.1 Å². The van der Waals surface area contributed by atoms with Gasteiger partial charge in [0.2, 0.25) is 0 Å². The Labute approximate surface area is 128 Å². The minimum Gasteiger partial charge on any atom is -0.331 e. The number of hydrogen-bond donors (Lipinski definition) is 1. The number of benzene rings is 1. The number of para-hydroxylation sites is 2. The lowest BCUT2D eigenvalue weighted by Crippen LogP contribution is -2.34. The number of hydrogen-bond acceptors (Lipinski definition) is 2. The van der Waals surface area contributed by atoms with E-state index in [0.717, 1.165) is 24.4 Å². The van der Waals surface area contributed by atoms with E-state index < -0.39 is 0 Å². The van der Waals surface area contributed by atoms with E-state index in [-0.39, 0.29) is 0 Å². The molecule has 1 N–H and O–H groups in total. The first-order valence-corrected chi connectivity index (χ1v) is 8.29. The van der Waals surface area contributed by atoms with Gasteiger partial charge in [-0.2, -0.15) is 0 Å². The molecule has 0 amide bonds. The molecule has 0 bridgehead atoms. The first-order chi connectivity index (χ1) is 10.2. The minimum absolute atomic E-state index is 0.524. The normalized spacial score (nSPS) is 14.5. The fourth-order valence-corrected chi connectivity index (χ4v) is 2.84. The standard InChI is InChI=1S/C18H29N3/c1-5-11-19-15(12-14(3)6-2)13-18-20-16-9-7-8-10-17(16)21(18)4/h7-10,14-15,19H,5-6,11-13H2,1-4H3. The van der Waals surface area contributed by atoms with Crippen LogP contribution in [0.3, 0.4) is 0 Å². The second kappa shape index (κ2) is 7.60. The summed E-state index contributed by atoms with van der Waals surface area (Å²) in [5, 5.41) is 3.70. The van der Waals surface area contributed by atoms with Crippen molar-refractivity contribution in [2.24, 2.45) is 13.0 Å². The Morgan fingerprint density at radius 2 is 2.00 bits per heavy atom. The Morgan fingerprint density at radius 3 is 2.67 bits per heavy atom. The molecule has 0 radical (unpaired) electrons. The number of fused-ring (bicyclic) bond motifs is 1. The van der Waals surface area contributed by atoms with E-state index >= 15 is 0 Å². The van der Waals surface area contributed by atoms with Crippen LogP contribution in [0, 0.1) is 5.92 Å². The molecule has 21 heavy (non-hydrogen) atoms. The third-order valence-electron chi connectivity index (χ3n) is 4.38. The van der Waals surface area contributed by atoms with Crippen LogP contribution in [-0.2, 0) is 13.5 Å². The van der Waals surface area contributed by atoms with E-state index in [0.29, 0.717) is 6.04 Å². The molecule has 116 valence electrons. The summed E-state index contributed by atoms with van der Waals surface area (Å²) in [4.78, 5) is 4.82. The lowest BCUT2D eigenvalue weighted by atomic mass is 9.97. The van der Waals surface area contributed by atoms with Crippen LogP contribution in [0.5, 0.6) is 0 Å². The maximum atomic E-state index is 4.82. The first kappa shape index (κ1) is 16.0. The van der Waals surface area contributed by atoms with Gasteiger partial charge in [-0.1, -0.05) is 39.3 Å². The van der Waals surface area contributed by atoms with E-state index in [1.165, 1.54) is 30.6 Å². The SMILES string of the molecule is CCCNC(Cc1nc2ccccc2n1C)CC(C)CC. The van der Waals surface area contributed by atoms with Gasteiger partial charge in [-0.05, 0) is 37.4 Å². The van der Waals surface area contributed by atoms with E-state index in [9.17, 15) is 0 Å². The van der Waals surface area contributed by atoms with Crippen LogP contribution >= 0.6 is 0 Å². The lowest BCUT2D eigenvalue weighted by Gasteiger charge is -2.21. The minimum atomic E-state index is 0.524. The zero-order valence-electron chi connectivity index (χ0n) is 13.9. The van der Waals surface area contributed by atoms with Crippen molar-refractivity contribution in [1.82, 2.24) is 14.9 Å². The van der Waals surface area contributed by atoms with Gasteiger partial charge in [-0.3, -0.25) is 0 Å². The van der Waals surface area contributed by atoms with Crippen LogP contribution in [0.4, 0.5) is 0 Å². The summed E-state index contributed by atoms with van der Waals surface area (Å²) in [6.07, 6.45) is 4.65. The van der Waals surface area contributed by atoms with Gasteiger partial charge >= 0.3 is 0 Å². The van der Waals surface area contributed by atoms with Gasteiger partial charge in [0.25, 0.3) is 0 Å². The molecule has 2 aromatic rings. The number of imidazole rings is 1. The Bertz CT molecular complexity index is 559. The van der Waals surface area contributed by atoms with Crippen molar-refractivity contribution in [2.45, 2.75) is 52.5 Å². The first-order valence-electron chi connectivity index (χ1n) is 8.29. The average Bonchev–Trinajstić information content (AvgIpc) is 2.81. The Hall–Kier alpha value is -1.35. The summed E-state index contributed by atoms with van der Waals surface area (Å²) in [6.45, 7) is 7.93. The Balaban J connectivity index is 2.15. The lowest BCUT2D eigenvalue weighted by molar-refractivity contribution is 0.385. The summed E-state index contributed by atoms with van der Waals surface area (Å²) >= 11 is 0. The number of rotatable bonds is 8. The molecule has 3 nitrogen and oxygen atoms in total. The summed E-state index contributed by atoms with van der Waals surface area (Å²) in [7, 11) is 2.13. The molecule has 0 spiro atoms. The van der Waals surface area contributed by atoms with Gasteiger partial charge in [0.05, 0.1) is 11.0 Å². The van der Waals surface area contributed by atoms with E-state index in [1.807, 2.05) is 0 Å². The van der Waals surface area contributed by atoms with Crippen molar-refractivity contribution in [3.63, 3.8) is 0 Å². The van der Waals surface area contributed by atoms with Gasteiger partial charge in [0, 0.05) is 19.5 Å². The maximum absolute atomic E-state index is 4.82. The topological polar surface area (TPSA) is 29.9 Å². The third-order valence-corrected chi connectivity index (χ3v) is 4.38. The molecule has 1 aromatic carbocycles. The Kier molecular flexibility index (Phi) is 5.80. The molecule has 0 fully saturated rings. The predicted molar refractivity (Wildman–Crippen MR) is 90.6 cm³/mol. The molecule has 0 saturated carbocycles. The van der Waals surface area contributed by atoms with Crippen molar-refractivity contribution in [1.29, 1.82) is 0 Å². The van der Waals surface area contributed by atoms with Crippen LogP contribution in [0.15, 0.2) is 24.3 Å². The highest BCUT2D eigenvalue weighted by molar-refractivity contribution is 5.75. The van der Waals surface area contributed by atoms with Crippen molar-refractivity contribution >= 4 is 11.0 Å². The fourth-order valence-electron chi connectivity index (χ4n) is 2.84. The van der Waals surface area contributed by atoms with Crippen LogP contribution in [0.2, 0.25) is 0 Å². The molecule has 3 heteroatoms. The van der Waals surface area contributed by atoms with Gasteiger partial charge in [-0.15, -0.1) is 0 Å². The maximum Gasteiger partial charge on any atom is 0.111 e. The van der Waals surface area contributed by atoms with E-state index in [2.05, 4.69) is 62.0 Å². The van der Waals surface area contributed by atoms with Gasteiger partial charge in [0.15, 0.2) is 0 Å². The van der Waals surface area contributed by atoms with Gasteiger partial charge in [-0.25, -0.2) is 4.98 Å². The van der Waals surface area contributed by atoms with Gasteiger partial charge in [0.1, 0.15) is 5.82 Å². The largest absolute Gasteiger partial charge is 0.331 e. The average molecular weight is 287 g/mol. The smallest absolute Gasteiger partial charge is 0.111 e. The molecule has 2 atom stereocenters. The fraction of sp³-hybridized carbons (Fsp3) is 0.611. The van der Waals surface area contributed by atoms with Crippen LogP contribution in [-0.4, -0.2) is 22.1 Å². The summed E-state index contributed by atoms with van der Waals surface area (Å²) in [6, 6.07) is 8.91. The number of nitrogens with one attached hydrogen (secondary N) is 1. The molecule has 0 saturated heterocycles. The van der Waals surface area contributed by atoms with Gasteiger partial charge < -0.3 is 9.88 Å². The molecule has 2 rings (SSSR count). The molecular formula is C18H29N3. The van der Waals surface area contributed by atoms with Crippen molar-refractivity contribution in [2.75, 3.05) is 6.54 Å². The number of aryl methyl sites for hydroxylation is 1. The summed E-state index contributed by atoms with van der Waals surface area (Å²) < 4.78 is 2.24. The second-order valence-electron chi connectivity index (χ2n) is 6.18.